The molecule has 0 radical (unpaired) electrons. The van der Waals surface area contributed by atoms with E-state index in [4.69, 9.17) is 5.14 Å². The maximum absolute atomic E-state index is 12.0. The van der Waals surface area contributed by atoms with Gasteiger partial charge >= 0.3 is 6.03 Å². The second-order valence-electron chi connectivity index (χ2n) is 3.84. The number of nitrogens with two attached hydrogens (primary N) is 1. The smallest absolute Gasteiger partial charge is 0.315 e. The molecule has 0 saturated carbocycles. The lowest BCUT2D eigenvalue weighted by atomic mass is 10.1. The third-order valence-corrected chi connectivity index (χ3v) is 3.45. The highest BCUT2D eigenvalue weighted by Gasteiger charge is 2.27. The number of primary sulfonamides is 1. The van der Waals surface area contributed by atoms with Crippen LogP contribution >= 0.6 is 0 Å². The first-order valence-electron chi connectivity index (χ1n) is 5.09. The minimum absolute atomic E-state index is 0.134. The standard InChI is InChI=1S/C10H11N3O4S/c11-18(16,17)7-3-1-2-6(4-7)9(14)8-5-12-10(15)13-8/h1-4,8H,5H2,(H2,11,16,17)(H2,12,13,15). The minimum atomic E-state index is -3.85. The lowest BCUT2D eigenvalue weighted by Crippen LogP contribution is -2.34. The van der Waals surface area contributed by atoms with Crippen LogP contribution in [-0.2, 0) is 10.0 Å². The van der Waals surface area contributed by atoms with Crippen molar-refractivity contribution in [2.45, 2.75) is 10.9 Å². The Hall–Kier alpha value is -1.93. The number of hydrogen-bond donors (Lipinski definition) is 3. The summed E-state index contributed by atoms with van der Waals surface area (Å²) in [5.41, 5.74) is 0.190. The van der Waals surface area contributed by atoms with Gasteiger partial charge in [-0.2, -0.15) is 0 Å². The van der Waals surface area contributed by atoms with Crippen molar-refractivity contribution in [2.75, 3.05) is 6.54 Å². The molecule has 7 nitrogen and oxygen atoms in total. The summed E-state index contributed by atoms with van der Waals surface area (Å²) in [6.07, 6.45) is 0. The highest BCUT2D eigenvalue weighted by Crippen LogP contribution is 2.12. The SMILES string of the molecule is NS(=O)(=O)c1cccc(C(=O)C2CNC(=O)N2)c1. The maximum Gasteiger partial charge on any atom is 0.315 e. The number of carbonyl (C=O) groups is 2. The van der Waals surface area contributed by atoms with E-state index in [1.807, 2.05) is 0 Å². The highest BCUT2D eigenvalue weighted by molar-refractivity contribution is 7.89. The van der Waals surface area contributed by atoms with Gasteiger partial charge in [0.25, 0.3) is 0 Å². The van der Waals surface area contributed by atoms with E-state index in [0.717, 1.165) is 0 Å². The molecule has 1 saturated heterocycles. The van der Waals surface area contributed by atoms with Crippen LogP contribution in [0.2, 0.25) is 0 Å². The number of hydrogen-bond acceptors (Lipinski definition) is 4. The summed E-state index contributed by atoms with van der Waals surface area (Å²) in [5, 5.41) is 9.86. The van der Waals surface area contributed by atoms with Gasteiger partial charge in [-0.3, -0.25) is 4.79 Å². The van der Waals surface area contributed by atoms with Crippen LogP contribution in [0.25, 0.3) is 0 Å². The van der Waals surface area contributed by atoms with Gasteiger partial charge in [-0.25, -0.2) is 18.4 Å². The zero-order valence-electron chi connectivity index (χ0n) is 9.21. The Morgan fingerprint density at radius 3 is 2.67 bits per heavy atom. The zero-order chi connectivity index (χ0) is 13.3. The van der Waals surface area contributed by atoms with E-state index >= 15 is 0 Å². The molecular formula is C10H11N3O4S. The van der Waals surface area contributed by atoms with Crippen molar-refractivity contribution < 1.29 is 18.0 Å². The first-order chi connectivity index (χ1) is 8.38. The third-order valence-electron chi connectivity index (χ3n) is 2.54. The molecular weight excluding hydrogens is 258 g/mol. The van der Waals surface area contributed by atoms with Crippen molar-refractivity contribution in [1.29, 1.82) is 0 Å². The Kier molecular flexibility index (Phi) is 3.05. The Labute approximate surface area is 103 Å². The number of nitrogens with one attached hydrogen (secondary N) is 2. The second-order valence-corrected chi connectivity index (χ2v) is 5.41. The fourth-order valence-corrected chi connectivity index (χ4v) is 2.20. The average Bonchev–Trinajstić information content (AvgIpc) is 2.74. The van der Waals surface area contributed by atoms with Crippen LogP contribution in [0, 0.1) is 0 Å². The van der Waals surface area contributed by atoms with Crippen molar-refractivity contribution in [3.8, 4) is 0 Å². The van der Waals surface area contributed by atoms with E-state index in [1.165, 1.54) is 24.3 Å². The van der Waals surface area contributed by atoms with Crippen molar-refractivity contribution in [3.63, 3.8) is 0 Å². The van der Waals surface area contributed by atoms with E-state index in [0.29, 0.717) is 0 Å². The molecule has 0 bridgehead atoms. The van der Waals surface area contributed by atoms with E-state index < -0.39 is 22.1 Å². The van der Waals surface area contributed by atoms with Crippen LogP contribution in [0.1, 0.15) is 10.4 Å². The Bertz CT molecular complexity index is 611. The first-order valence-corrected chi connectivity index (χ1v) is 6.64. The molecule has 1 aromatic carbocycles. The molecule has 18 heavy (non-hydrogen) atoms. The van der Waals surface area contributed by atoms with Gasteiger partial charge in [0, 0.05) is 12.1 Å². The summed E-state index contributed by atoms with van der Waals surface area (Å²) in [5.74, 6) is -0.362. The number of amides is 2. The number of benzene rings is 1. The summed E-state index contributed by atoms with van der Waals surface area (Å²) < 4.78 is 22.3. The van der Waals surface area contributed by atoms with Gasteiger partial charge in [0.15, 0.2) is 5.78 Å². The minimum Gasteiger partial charge on any atom is -0.336 e. The maximum atomic E-state index is 12.0. The van der Waals surface area contributed by atoms with Gasteiger partial charge in [-0.15, -0.1) is 0 Å². The molecule has 1 aliphatic heterocycles. The topological polar surface area (TPSA) is 118 Å². The summed E-state index contributed by atoms with van der Waals surface area (Å²) in [6, 6.07) is 4.29. The van der Waals surface area contributed by atoms with Crippen molar-refractivity contribution in [2.24, 2.45) is 5.14 Å². The molecule has 2 amide bonds. The summed E-state index contributed by atoms with van der Waals surface area (Å²) >= 11 is 0. The van der Waals surface area contributed by atoms with Gasteiger partial charge in [-0.05, 0) is 12.1 Å². The molecule has 8 heteroatoms. The number of sulfonamides is 1. The molecule has 1 unspecified atom stereocenters. The molecule has 1 fully saturated rings. The van der Waals surface area contributed by atoms with Gasteiger partial charge < -0.3 is 10.6 Å². The number of Topliss-reactive ketones (excluding diaryl/α,β-unsaturated/α-hetero) is 1. The molecule has 0 aliphatic carbocycles. The van der Waals surface area contributed by atoms with E-state index in [2.05, 4.69) is 10.6 Å². The Morgan fingerprint density at radius 2 is 2.11 bits per heavy atom. The van der Waals surface area contributed by atoms with Gasteiger partial charge in [0.05, 0.1) is 4.90 Å². The Morgan fingerprint density at radius 1 is 1.39 bits per heavy atom. The third kappa shape index (κ3) is 2.49. The molecule has 0 spiro atoms. The van der Waals surface area contributed by atoms with Crippen LogP contribution < -0.4 is 15.8 Å². The quantitative estimate of drug-likeness (QED) is 0.622. The average molecular weight is 269 g/mol. The predicted molar refractivity (Wildman–Crippen MR) is 62.5 cm³/mol. The van der Waals surface area contributed by atoms with Crippen LogP contribution in [0.4, 0.5) is 4.79 Å². The lowest BCUT2D eigenvalue weighted by molar-refractivity contribution is 0.0958. The van der Waals surface area contributed by atoms with E-state index in [9.17, 15) is 18.0 Å². The molecule has 1 aromatic rings. The molecule has 1 heterocycles. The molecule has 96 valence electrons. The number of ketones is 1. The zero-order valence-corrected chi connectivity index (χ0v) is 10.0. The van der Waals surface area contributed by atoms with E-state index in [1.54, 1.807) is 0 Å². The van der Waals surface area contributed by atoms with Gasteiger partial charge in [0.2, 0.25) is 10.0 Å². The summed E-state index contributed by atoms with van der Waals surface area (Å²) in [4.78, 5) is 22.8. The highest BCUT2D eigenvalue weighted by atomic mass is 32.2. The largest absolute Gasteiger partial charge is 0.336 e. The normalized spacial score (nSPS) is 19.2. The number of rotatable bonds is 3. The second kappa shape index (κ2) is 4.39. The molecule has 4 N–H and O–H groups in total. The van der Waals surface area contributed by atoms with Gasteiger partial charge in [0.1, 0.15) is 6.04 Å². The van der Waals surface area contributed by atoms with Crippen LogP contribution in [-0.4, -0.2) is 32.8 Å². The van der Waals surface area contributed by atoms with Gasteiger partial charge in [-0.1, -0.05) is 12.1 Å². The van der Waals surface area contributed by atoms with Crippen molar-refractivity contribution in [1.82, 2.24) is 10.6 Å². The molecule has 0 aromatic heterocycles. The van der Waals surface area contributed by atoms with Crippen LogP contribution in [0.5, 0.6) is 0 Å². The fourth-order valence-electron chi connectivity index (χ4n) is 1.64. The van der Waals surface area contributed by atoms with Crippen molar-refractivity contribution in [3.05, 3.63) is 29.8 Å². The monoisotopic (exact) mass is 269 g/mol. The number of urea groups is 1. The first kappa shape index (κ1) is 12.5. The predicted octanol–water partition coefficient (Wildman–Crippen LogP) is -0.802. The van der Waals surface area contributed by atoms with E-state index in [-0.39, 0.29) is 22.8 Å². The number of carbonyl (C=O) groups excluding carboxylic acids is 2. The lowest BCUT2D eigenvalue weighted by Gasteiger charge is -2.08. The van der Waals surface area contributed by atoms with Crippen molar-refractivity contribution >= 4 is 21.8 Å². The summed E-state index contributed by atoms with van der Waals surface area (Å²) in [6.45, 7) is 0.178. The molecule has 1 aliphatic rings. The molecule has 2 rings (SSSR count). The summed E-state index contributed by atoms with van der Waals surface area (Å²) in [7, 11) is -3.85. The van der Waals surface area contributed by atoms with Crippen LogP contribution in [0.3, 0.4) is 0 Å². The Balaban J connectivity index is 2.29. The van der Waals surface area contributed by atoms with Crippen LogP contribution in [0.15, 0.2) is 29.2 Å². The fraction of sp³-hybridized carbons (Fsp3) is 0.200. The molecule has 1 atom stereocenters.